The highest BCUT2D eigenvalue weighted by Gasteiger charge is 2.38. The van der Waals surface area contributed by atoms with Gasteiger partial charge in [-0.15, -0.1) is 11.3 Å². The van der Waals surface area contributed by atoms with Crippen LogP contribution in [0.1, 0.15) is 50.6 Å². The highest BCUT2D eigenvalue weighted by atomic mass is 32.1. The molecule has 0 aliphatic heterocycles. The van der Waals surface area contributed by atoms with Gasteiger partial charge < -0.3 is 15.1 Å². The minimum atomic E-state index is -0.323. The second kappa shape index (κ2) is 7.64. The van der Waals surface area contributed by atoms with Crippen LogP contribution in [0.15, 0.2) is 59.2 Å². The molecule has 144 valence electrons. The van der Waals surface area contributed by atoms with Crippen molar-refractivity contribution >= 4 is 28.2 Å². The Bertz CT molecular complexity index is 973. The number of carbonyl (C=O) groups is 2. The van der Waals surface area contributed by atoms with E-state index in [-0.39, 0.29) is 23.0 Å². The number of furan rings is 1. The molecule has 1 saturated carbocycles. The first kappa shape index (κ1) is 18.5. The van der Waals surface area contributed by atoms with Crippen LogP contribution in [-0.4, -0.2) is 18.4 Å². The lowest BCUT2D eigenvalue weighted by molar-refractivity contribution is 0.0930. The fourth-order valence-electron chi connectivity index (χ4n) is 3.64. The van der Waals surface area contributed by atoms with Gasteiger partial charge in [-0.3, -0.25) is 9.59 Å². The number of thiophene rings is 1. The molecule has 1 aliphatic rings. The molecule has 1 fully saturated rings. The van der Waals surface area contributed by atoms with E-state index in [0.29, 0.717) is 16.4 Å². The van der Waals surface area contributed by atoms with Crippen molar-refractivity contribution in [2.75, 3.05) is 11.9 Å². The zero-order valence-electron chi connectivity index (χ0n) is 15.7. The first-order chi connectivity index (χ1) is 13.6. The molecule has 0 atom stereocenters. The smallest absolute Gasteiger partial charge is 0.291 e. The third-order valence-corrected chi connectivity index (χ3v) is 6.54. The number of nitrogens with one attached hydrogen (secondary N) is 2. The van der Waals surface area contributed by atoms with E-state index in [1.54, 1.807) is 12.1 Å². The second-order valence-corrected chi connectivity index (χ2v) is 8.29. The van der Waals surface area contributed by atoms with Crippen LogP contribution >= 0.6 is 11.3 Å². The van der Waals surface area contributed by atoms with Gasteiger partial charge in [0.2, 0.25) is 0 Å². The predicted molar refractivity (Wildman–Crippen MR) is 110 cm³/mol. The Kier molecular flexibility index (Phi) is 5.05. The van der Waals surface area contributed by atoms with Gasteiger partial charge in [0.15, 0.2) is 5.76 Å². The summed E-state index contributed by atoms with van der Waals surface area (Å²) in [4.78, 5) is 25.5. The summed E-state index contributed by atoms with van der Waals surface area (Å²) in [5.41, 5.74) is 2.17. The summed E-state index contributed by atoms with van der Waals surface area (Å²) in [6, 6.07) is 15.5. The van der Waals surface area contributed by atoms with Crippen LogP contribution in [0.4, 0.5) is 5.00 Å². The van der Waals surface area contributed by atoms with Crippen LogP contribution in [0, 0.1) is 6.92 Å². The van der Waals surface area contributed by atoms with Crippen molar-refractivity contribution < 1.29 is 14.0 Å². The van der Waals surface area contributed by atoms with E-state index in [1.165, 1.54) is 29.6 Å². The maximum atomic E-state index is 12.8. The number of hydrogen-bond donors (Lipinski definition) is 2. The number of benzene rings is 1. The molecule has 2 heterocycles. The zero-order valence-corrected chi connectivity index (χ0v) is 16.5. The van der Waals surface area contributed by atoms with Crippen molar-refractivity contribution in [3.63, 3.8) is 0 Å². The first-order valence-electron chi connectivity index (χ1n) is 9.36. The third-order valence-electron chi connectivity index (χ3n) is 5.39. The Morgan fingerprint density at radius 1 is 1.11 bits per heavy atom. The van der Waals surface area contributed by atoms with E-state index >= 15 is 0 Å². The minimum Gasteiger partial charge on any atom is -0.459 e. The molecule has 5 nitrogen and oxygen atoms in total. The SMILES string of the molecule is Cc1cc(NC(=O)c2ccco2)sc1C(=O)NCC1(c2ccccc2)CCC1. The van der Waals surface area contributed by atoms with Crippen LogP contribution in [-0.2, 0) is 5.41 Å². The molecule has 0 saturated heterocycles. The van der Waals surface area contributed by atoms with E-state index in [9.17, 15) is 9.59 Å². The molecule has 0 spiro atoms. The van der Waals surface area contributed by atoms with E-state index in [1.807, 2.05) is 19.1 Å². The molecular weight excluding hydrogens is 372 g/mol. The monoisotopic (exact) mass is 394 g/mol. The van der Waals surface area contributed by atoms with Gasteiger partial charge in [-0.25, -0.2) is 0 Å². The molecule has 4 rings (SSSR count). The molecule has 2 aromatic heterocycles. The lowest BCUT2D eigenvalue weighted by Crippen LogP contribution is -2.45. The topological polar surface area (TPSA) is 71.3 Å². The van der Waals surface area contributed by atoms with Gasteiger partial charge in [0.25, 0.3) is 11.8 Å². The standard InChI is InChI=1S/C22H22N2O3S/c1-15-13-18(24-20(25)17-9-5-12-27-17)28-19(15)21(26)23-14-22(10-6-11-22)16-7-3-2-4-8-16/h2-5,7-9,12-13H,6,10-11,14H2,1H3,(H,23,26)(H,24,25). The predicted octanol–water partition coefficient (Wildman–Crippen LogP) is 4.75. The first-order valence-corrected chi connectivity index (χ1v) is 10.2. The van der Waals surface area contributed by atoms with Gasteiger partial charge in [-0.05, 0) is 49.1 Å². The Balaban J connectivity index is 1.42. The summed E-state index contributed by atoms with van der Waals surface area (Å²) >= 11 is 1.28. The lowest BCUT2D eigenvalue weighted by atomic mass is 9.64. The number of hydrogen-bond acceptors (Lipinski definition) is 4. The normalized spacial score (nSPS) is 14.9. The molecule has 1 aliphatic carbocycles. The van der Waals surface area contributed by atoms with Gasteiger partial charge in [-0.2, -0.15) is 0 Å². The minimum absolute atomic E-state index is 0.0401. The summed E-state index contributed by atoms with van der Waals surface area (Å²) in [5.74, 6) is -0.175. The average Bonchev–Trinajstić information content (AvgIpc) is 3.31. The van der Waals surface area contributed by atoms with Crippen molar-refractivity contribution in [1.29, 1.82) is 0 Å². The van der Waals surface area contributed by atoms with E-state index < -0.39 is 0 Å². The fraction of sp³-hybridized carbons (Fsp3) is 0.273. The van der Waals surface area contributed by atoms with Crippen LogP contribution in [0.3, 0.4) is 0 Å². The maximum Gasteiger partial charge on any atom is 0.291 e. The highest BCUT2D eigenvalue weighted by Crippen LogP contribution is 2.43. The molecule has 3 aromatic rings. The van der Waals surface area contributed by atoms with E-state index in [4.69, 9.17) is 4.42 Å². The van der Waals surface area contributed by atoms with Gasteiger partial charge in [0.05, 0.1) is 16.1 Å². The molecule has 0 unspecified atom stereocenters. The third kappa shape index (κ3) is 3.60. The molecular formula is C22H22N2O3S. The molecule has 2 N–H and O–H groups in total. The van der Waals surface area contributed by atoms with Crippen molar-refractivity contribution in [2.45, 2.75) is 31.6 Å². The van der Waals surface area contributed by atoms with Crippen LogP contribution in [0.5, 0.6) is 0 Å². The highest BCUT2D eigenvalue weighted by molar-refractivity contribution is 7.18. The summed E-state index contributed by atoms with van der Waals surface area (Å²) in [5, 5.41) is 6.53. The summed E-state index contributed by atoms with van der Waals surface area (Å²) in [6.07, 6.45) is 4.82. The molecule has 28 heavy (non-hydrogen) atoms. The van der Waals surface area contributed by atoms with Crippen molar-refractivity contribution in [2.24, 2.45) is 0 Å². The van der Waals surface area contributed by atoms with Gasteiger partial charge in [0, 0.05) is 12.0 Å². The Morgan fingerprint density at radius 3 is 2.54 bits per heavy atom. The van der Waals surface area contributed by atoms with Gasteiger partial charge in [-0.1, -0.05) is 36.8 Å². The maximum absolute atomic E-state index is 12.8. The summed E-state index contributed by atoms with van der Waals surface area (Å²) < 4.78 is 5.10. The molecule has 0 radical (unpaired) electrons. The van der Waals surface area contributed by atoms with E-state index in [2.05, 4.69) is 34.9 Å². The fourth-order valence-corrected chi connectivity index (χ4v) is 4.63. The largest absolute Gasteiger partial charge is 0.459 e. The Labute approximate surface area is 167 Å². The Morgan fingerprint density at radius 2 is 1.89 bits per heavy atom. The molecule has 6 heteroatoms. The number of rotatable bonds is 6. The van der Waals surface area contributed by atoms with Gasteiger partial charge in [0.1, 0.15) is 0 Å². The Hall–Kier alpha value is -2.86. The number of aryl methyl sites for hydroxylation is 1. The zero-order chi connectivity index (χ0) is 19.6. The number of carbonyl (C=O) groups excluding carboxylic acids is 2. The second-order valence-electron chi connectivity index (χ2n) is 7.24. The van der Waals surface area contributed by atoms with Crippen LogP contribution < -0.4 is 10.6 Å². The molecule has 0 bridgehead atoms. The number of anilines is 1. The lowest BCUT2D eigenvalue weighted by Gasteiger charge is -2.42. The van der Waals surface area contributed by atoms with Crippen molar-refractivity contribution in [3.8, 4) is 0 Å². The van der Waals surface area contributed by atoms with Crippen molar-refractivity contribution in [3.05, 3.63) is 76.6 Å². The summed E-state index contributed by atoms with van der Waals surface area (Å²) in [6.45, 7) is 2.51. The number of amides is 2. The van der Waals surface area contributed by atoms with Crippen LogP contribution in [0.2, 0.25) is 0 Å². The quantitative estimate of drug-likeness (QED) is 0.634. The summed E-state index contributed by atoms with van der Waals surface area (Å²) in [7, 11) is 0. The van der Waals surface area contributed by atoms with Crippen LogP contribution in [0.25, 0.3) is 0 Å². The molecule has 1 aromatic carbocycles. The van der Waals surface area contributed by atoms with Gasteiger partial charge >= 0.3 is 0 Å². The van der Waals surface area contributed by atoms with E-state index in [0.717, 1.165) is 18.4 Å². The average molecular weight is 394 g/mol. The van der Waals surface area contributed by atoms with Crippen molar-refractivity contribution in [1.82, 2.24) is 5.32 Å². The molecule has 2 amide bonds.